The Kier molecular flexibility index (Phi) is 5.19. The third-order valence-corrected chi connectivity index (χ3v) is 6.36. The van der Waals surface area contributed by atoms with Crippen molar-refractivity contribution in [3.8, 4) is 0 Å². The predicted octanol–water partition coefficient (Wildman–Crippen LogP) is 1.80. The van der Waals surface area contributed by atoms with E-state index in [0.29, 0.717) is 31.1 Å². The largest absolute Gasteiger partial charge is 0.399 e. The van der Waals surface area contributed by atoms with Crippen molar-refractivity contribution in [1.82, 2.24) is 4.31 Å². The van der Waals surface area contributed by atoms with Crippen LogP contribution < -0.4 is 5.73 Å². The van der Waals surface area contributed by atoms with E-state index in [0.717, 1.165) is 4.90 Å². The van der Waals surface area contributed by atoms with Gasteiger partial charge in [-0.1, -0.05) is 0 Å². The van der Waals surface area contributed by atoms with Gasteiger partial charge in [-0.15, -0.1) is 11.8 Å². The summed E-state index contributed by atoms with van der Waals surface area (Å²) in [5.41, 5.74) is 5.93. The maximum Gasteiger partial charge on any atom is 0.215 e. The second-order valence-electron chi connectivity index (χ2n) is 5.68. The van der Waals surface area contributed by atoms with Crippen molar-refractivity contribution in [2.45, 2.75) is 24.3 Å². The number of hydrogen-bond donors (Lipinski definition) is 1. The normalized spacial score (nSPS) is 19.5. The summed E-state index contributed by atoms with van der Waals surface area (Å²) in [5, 5.41) is 0. The Hall–Kier alpha value is -0.760. The molecular weight excluding hydrogens is 308 g/mol. The number of nitrogens with zero attached hydrogens (tertiary/aromatic N) is 1. The molecule has 1 aliphatic rings. The van der Waals surface area contributed by atoms with E-state index < -0.39 is 15.6 Å². The Labute approximate surface area is 130 Å². The van der Waals surface area contributed by atoms with E-state index in [4.69, 9.17) is 10.5 Å². The highest BCUT2D eigenvalue weighted by Crippen LogP contribution is 2.22. The van der Waals surface area contributed by atoms with Gasteiger partial charge >= 0.3 is 0 Å². The SMILES string of the molecule is CC1(C)CN(S(=O)(=O)CCSc2ccc(N)cc2)CCO1. The van der Waals surface area contributed by atoms with Crippen LogP contribution in [-0.4, -0.2) is 49.5 Å². The van der Waals surface area contributed by atoms with Crippen LogP contribution >= 0.6 is 11.8 Å². The number of rotatable bonds is 5. The Balaban J connectivity index is 1.88. The molecule has 1 saturated heterocycles. The predicted molar refractivity (Wildman–Crippen MR) is 87.0 cm³/mol. The van der Waals surface area contributed by atoms with E-state index in [1.54, 1.807) is 4.31 Å². The van der Waals surface area contributed by atoms with Crippen molar-refractivity contribution in [2.24, 2.45) is 0 Å². The molecule has 0 aliphatic carbocycles. The Morgan fingerprint density at radius 1 is 1.33 bits per heavy atom. The van der Waals surface area contributed by atoms with Crippen LogP contribution in [0.1, 0.15) is 13.8 Å². The molecule has 1 aliphatic heterocycles. The second-order valence-corrected chi connectivity index (χ2v) is 8.93. The van der Waals surface area contributed by atoms with Crippen LogP contribution in [0.3, 0.4) is 0 Å². The molecule has 1 aromatic carbocycles. The van der Waals surface area contributed by atoms with Gasteiger partial charge in [-0.25, -0.2) is 8.42 Å². The number of hydrogen-bond acceptors (Lipinski definition) is 5. The average Bonchev–Trinajstić information content (AvgIpc) is 2.40. The fourth-order valence-corrected chi connectivity index (χ4v) is 5.03. The van der Waals surface area contributed by atoms with E-state index >= 15 is 0 Å². The Morgan fingerprint density at radius 3 is 2.62 bits per heavy atom. The number of nitrogens with two attached hydrogens (primary N) is 1. The number of benzene rings is 1. The zero-order valence-corrected chi connectivity index (χ0v) is 14.0. The highest BCUT2D eigenvalue weighted by molar-refractivity contribution is 8.00. The molecule has 21 heavy (non-hydrogen) atoms. The molecule has 0 spiro atoms. The fourth-order valence-electron chi connectivity index (χ4n) is 2.17. The first kappa shape index (κ1) is 16.6. The fraction of sp³-hybridized carbons (Fsp3) is 0.571. The first-order valence-corrected chi connectivity index (χ1v) is 9.48. The standard InChI is InChI=1S/C14H22N2O3S2/c1-14(2)11-16(7-8-19-14)21(17,18)10-9-20-13-5-3-12(15)4-6-13/h3-6H,7-11,15H2,1-2H3. The summed E-state index contributed by atoms with van der Waals surface area (Å²) < 4.78 is 31.8. The molecule has 0 aromatic heterocycles. The lowest BCUT2D eigenvalue weighted by molar-refractivity contribution is -0.0639. The van der Waals surface area contributed by atoms with Gasteiger partial charge in [-0.05, 0) is 38.1 Å². The molecule has 118 valence electrons. The van der Waals surface area contributed by atoms with Crippen LogP contribution in [0.25, 0.3) is 0 Å². The number of thioether (sulfide) groups is 1. The lowest BCUT2D eigenvalue weighted by Crippen LogP contribution is -2.51. The molecule has 2 rings (SSSR count). The second kappa shape index (κ2) is 6.56. The molecule has 1 fully saturated rings. The van der Waals surface area contributed by atoms with Crippen LogP contribution in [0.2, 0.25) is 0 Å². The van der Waals surface area contributed by atoms with Gasteiger partial charge in [-0.3, -0.25) is 0 Å². The van der Waals surface area contributed by atoms with Crippen molar-refractivity contribution in [2.75, 3.05) is 36.9 Å². The topological polar surface area (TPSA) is 72.6 Å². The van der Waals surface area contributed by atoms with Crippen LogP contribution in [-0.2, 0) is 14.8 Å². The zero-order chi connectivity index (χ0) is 15.5. The summed E-state index contributed by atoms with van der Waals surface area (Å²) in [7, 11) is -3.22. The smallest absolute Gasteiger partial charge is 0.215 e. The van der Waals surface area contributed by atoms with Crippen molar-refractivity contribution >= 4 is 27.5 Å². The quantitative estimate of drug-likeness (QED) is 0.658. The van der Waals surface area contributed by atoms with Crippen LogP contribution in [0.15, 0.2) is 29.2 Å². The van der Waals surface area contributed by atoms with Gasteiger partial charge in [0.05, 0.1) is 18.0 Å². The van der Waals surface area contributed by atoms with E-state index in [-0.39, 0.29) is 5.75 Å². The molecule has 5 nitrogen and oxygen atoms in total. The summed E-state index contributed by atoms with van der Waals surface area (Å²) in [6.07, 6.45) is 0. The van der Waals surface area contributed by atoms with E-state index in [1.165, 1.54) is 11.8 Å². The Bertz CT molecular complexity index is 570. The number of nitrogen functional groups attached to an aromatic ring is 1. The summed E-state index contributed by atoms with van der Waals surface area (Å²) >= 11 is 1.53. The maximum atomic E-state index is 12.4. The minimum absolute atomic E-state index is 0.137. The number of morpholine rings is 1. The summed E-state index contributed by atoms with van der Waals surface area (Å²) in [4.78, 5) is 1.03. The zero-order valence-electron chi connectivity index (χ0n) is 12.4. The first-order chi connectivity index (χ1) is 9.78. The molecule has 0 bridgehead atoms. The van der Waals surface area contributed by atoms with Crippen molar-refractivity contribution in [3.05, 3.63) is 24.3 Å². The first-order valence-electron chi connectivity index (χ1n) is 6.89. The highest BCUT2D eigenvalue weighted by Gasteiger charge is 2.33. The van der Waals surface area contributed by atoms with E-state index in [2.05, 4.69) is 0 Å². The molecule has 1 heterocycles. The lowest BCUT2D eigenvalue weighted by atomic mass is 10.1. The van der Waals surface area contributed by atoms with Gasteiger partial charge in [-0.2, -0.15) is 4.31 Å². The molecule has 0 atom stereocenters. The number of anilines is 1. The third kappa shape index (κ3) is 4.88. The van der Waals surface area contributed by atoms with Gasteiger partial charge in [0.2, 0.25) is 10.0 Å². The van der Waals surface area contributed by atoms with Crippen LogP contribution in [0.5, 0.6) is 0 Å². The average molecular weight is 330 g/mol. The molecule has 1 aromatic rings. The summed E-state index contributed by atoms with van der Waals surface area (Å²) in [5.74, 6) is 0.669. The van der Waals surface area contributed by atoms with Gasteiger partial charge in [0.15, 0.2) is 0 Å². The number of sulfonamides is 1. The van der Waals surface area contributed by atoms with Gasteiger partial charge in [0.25, 0.3) is 0 Å². The van der Waals surface area contributed by atoms with Gasteiger partial charge < -0.3 is 10.5 Å². The molecular formula is C14H22N2O3S2. The Morgan fingerprint density at radius 2 is 2.00 bits per heavy atom. The number of ether oxygens (including phenoxy) is 1. The highest BCUT2D eigenvalue weighted by atomic mass is 32.2. The molecule has 0 amide bonds. The van der Waals surface area contributed by atoms with Crippen molar-refractivity contribution in [1.29, 1.82) is 0 Å². The van der Waals surface area contributed by atoms with E-state index in [1.807, 2.05) is 38.1 Å². The van der Waals surface area contributed by atoms with Crippen molar-refractivity contribution in [3.63, 3.8) is 0 Å². The summed E-state index contributed by atoms with van der Waals surface area (Å²) in [6, 6.07) is 7.46. The molecule has 2 N–H and O–H groups in total. The third-order valence-electron chi connectivity index (χ3n) is 3.27. The minimum Gasteiger partial charge on any atom is -0.399 e. The van der Waals surface area contributed by atoms with Gasteiger partial charge in [0, 0.05) is 29.4 Å². The molecule has 0 saturated carbocycles. The molecule has 0 unspecified atom stereocenters. The van der Waals surface area contributed by atoms with Gasteiger partial charge in [0.1, 0.15) is 0 Å². The minimum atomic E-state index is -3.22. The van der Waals surface area contributed by atoms with E-state index in [9.17, 15) is 8.42 Å². The maximum absolute atomic E-state index is 12.4. The molecule has 7 heteroatoms. The lowest BCUT2D eigenvalue weighted by Gasteiger charge is -2.37. The monoisotopic (exact) mass is 330 g/mol. The van der Waals surface area contributed by atoms with Crippen LogP contribution in [0.4, 0.5) is 5.69 Å². The molecule has 0 radical (unpaired) electrons. The van der Waals surface area contributed by atoms with Crippen LogP contribution in [0, 0.1) is 0 Å². The summed E-state index contributed by atoms with van der Waals surface area (Å²) in [6.45, 7) is 5.15. The van der Waals surface area contributed by atoms with Crippen molar-refractivity contribution < 1.29 is 13.2 Å².